The quantitative estimate of drug-likeness (QED) is 0.686. The number of halogens is 1. The van der Waals surface area contributed by atoms with Gasteiger partial charge < -0.3 is 0 Å². The van der Waals surface area contributed by atoms with Gasteiger partial charge in [-0.15, -0.1) is 5.10 Å². The van der Waals surface area contributed by atoms with E-state index >= 15 is 0 Å². The summed E-state index contributed by atoms with van der Waals surface area (Å²) in [4.78, 5) is 12.1. The van der Waals surface area contributed by atoms with Crippen molar-refractivity contribution in [3.8, 4) is 0 Å². The van der Waals surface area contributed by atoms with Gasteiger partial charge in [0, 0.05) is 16.8 Å². The highest BCUT2D eigenvalue weighted by atomic mass is 35.5. The zero-order valence-electron chi connectivity index (χ0n) is 11.9. The Bertz CT molecular complexity index is 764. The SMILES string of the molecule is O=c1[nH]nc(SCc2ccc(Cl)cc2)n1[C@H]1C[C@@H]2C=C[C@@H]1C2. The van der Waals surface area contributed by atoms with E-state index in [1.165, 1.54) is 12.0 Å². The molecule has 0 unspecified atom stereocenters. The molecule has 0 saturated heterocycles. The molecule has 2 aliphatic carbocycles. The maximum absolute atomic E-state index is 12.1. The molecule has 4 rings (SSSR count). The molecule has 0 amide bonds. The molecule has 1 fully saturated rings. The van der Waals surface area contributed by atoms with E-state index in [4.69, 9.17) is 11.6 Å². The highest BCUT2D eigenvalue weighted by Crippen LogP contribution is 2.46. The van der Waals surface area contributed by atoms with Gasteiger partial charge in [-0.25, -0.2) is 9.89 Å². The maximum Gasteiger partial charge on any atom is 0.344 e. The molecule has 1 aromatic carbocycles. The molecular formula is C16H16ClN3OS. The van der Waals surface area contributed by atoms with Crippen molar-refractivity contribution in [3.63, 3.8) is 0 Å². The summed E-state index contributed by atoms with van der Waals surface area (Å²) >= 11 is 7.50. The Morgan fingerprint density at radius 3 is 2.77 bits per heavy atom. The van der Waals surface area contributed by atoms with Gasteiger partial charge in [-0.2, -0.15) is 0 Å². The highest BCUT2D eigenvalue weighted by molar-refractivity contribution is 7.98. The van der Waals surface area contributed by atoms with Crippen molar-refractivity contribution in [3.05, 3.63) is 57.5 Å². The van der Waals surface area contributed by atoms with E-state index in [-0.39, 0.29) is 11.7 Å². The molecular weight excluding hydrogens is 318 g/mol. The average Bonchev–Trinajstić information content (AvgIpc) is 3.22. The molecule has 0 aliphatic heterocycles. The van der Waals surface area contributed by atoms with Gasteiger partial charge in [0.05, 0.1) is 0 Å². The standard InChI is InChI=1S/C16H16ClN3OS/c17-13-5-2-10(3-6-13)9-22-16-19-18-15(21)20(16)14-8-11-1-4-12(14)7-11/h1-6,11-12,14H,7-9H2,(H,18,21)/t11-,12-,14+/m1/s1. The van der Waals surface area contributed by atoms with E-state index in [2.05, 4.69) is 22.3 Å². The van der Waals surface area contributed by atoms with Crippen molar-refractivity contribution in [1.82, 2.24) is 14.8 Å². The van der Waals surface area contributed by atoms with Gasteiger partial charge >= 0.3 is 5.69 Å². The first-order valence-electron chi connectivity index (χ1n) is 7.43. The van der Waals surface area contributed by atoms with Crippen LogP contribution in [0.1, 0.15) is 24.4 Å². The van der Waals surface area contributed by atoms with Gasteiger partial charge in [-0.1, -0.05) is 47.6 Å². The van der Waals surface area contributed by atoms with E-state index in [0.29, 0.717) is 11.8 Å². The number of H-pyrrole nitrogens is 1. The van der Waals surface area contributed by atoms with Gasteiger partial charge in [-0.05, 0) is 42.4 Å². The number of fused-ring (bicyclic) bond motifs is 2. The average molecular weight is 334 g/mol. The minimum Gasteiger partial charge on any atom is -0.266 e. The second kappa shape index (κ2) is 5.63. The summed E-state index contributed by atoms with van der Waals surface area (Å²) < 4.78 is 1.86. The summed E-state index contributed by atoms with van der Waals surface area (Å²) in [6.07, 6.45) is 6.76. The molecule has 1 N–H and O–H groups in total. The Hall–Kier alpha value is -1.46. The molecule has 114 valence electrons. The molecule has 2 bridgehead atoms. The molecule has 2 aromatic rings. The summed E-state index contributed by atoms with van der Waals surface area (Å²) in [5, 5.41) is 8.34. The minimum atomic E-state index is -0.0930. The van der Waals surface area contributed by atoms with Crippen LogP contribution in [0.2, 0.25) is 5.02 Å². The Kier molecular flexibility index (Phi) is 3.62. The number of hydrogen-bond donors (Lipinski definition) is 1. The largest absolute Gasteiger partial charge is 0.344 e. The lowest BCUT2D eigenvalue weighted by atomic mass is 10.0. The predicted molar refractivity (Wildman–Crippen MR) is 88.3 cm³/mol. The highest BCUT2D eigenvalue weighted by Gasteiger charge is 2.38. The number of nitrogens with zero attached hydrogens (tertiary/aromatic N) is 2. The Morgan fingerprint density at radius 1 is 1.27 bits per heavy atom. The van der Waals surface area contributed by atoms with Crippen molar-refractivity contribution >= 4 is 23.4 Å². The first-order valence-corrected chi connectivity index (χ1v) is 8.79. The third kappa shape index (κ3) is 2.52. The molecule has 22 heavy (non-hydrogen) atoms. The van der Waals surface area contributed by atoms with Gasteiger partial charge in [0.25, 0.3) is 0 Å². The Labute approximate surface area is 137 Å². The van der Waals surface area contributed by atoms with Crippen LogP contribution in [-0.4, -0.2) is 14.8 Å². The lowest BCUT2D eigenvalue weighted by Crippen LogP contribution is -2.25. The minimum absolute atomic E-state index is 0.0930. The zero-order chi connectivity index (χ0) is 15.1. The lowest BCUT2D eigenvalue weighted by molar-refractivity contribution is 0.396. The number of rotatable bonds is 4. The van der Waals surface area contributed by atoms with Crippen molar-refractivity contribution in [2.45, 2.75) is 29.8 Å². The third-order valence-corrected chi connectivity index (χ3v) is 5.80. The van der Waals surface area contributed by atoms with Gasteiger partial charge in [0.15, 0.2) is 5.16 Å². The predicted octanol–water partition coefficient (Wildman–Crippen LogP) is 3.65. The molecule has 1 saturated carbocycles. The van der Waals surface area contributed by atoms with Gasteiger partial charge in [-0.3, -0.25) is 4.57 Å². The first-order chi connectivity index (χ1) is 10.7. The maximum atomic E-state index is 12.1. The molecule has 4 nitrogen and oxygen atoms in total. The molecule has 0 spiro atoms. The summed E-state index contributed by atoms with van der Waals surface area (Å²) in [6, 6.07) is 8.04. The fraction of sp³-hybridized carbons (Fsp3) is 0.375. The second-order valence-corrected chi connectivity index (χ2v) is 7.32. The van der Waals surface area contributed by atoms with Crippen molar-refractivity contribution in [2.75, 3.05) is 0 Å². The second-order valence-electron chi connectivity index (χ2n) is 5.94. The van der Waals surface area contributed by atoms with Crippen molar-refractivity contribution in [1.29, 1.82) is 0 Å². The van der Waals surface area contributed by atoms with E-state index in [1.54, 1.807) is 11.8 Å². The summed E-state index contributed by atoms with van der Waals surface area (Å²) in [5.41, 5.74) is 1.08. The topological polar surface area (TPSA) is 50.7 Å². The van der Waals surface area contributed by atoms with Crippen molar-refractivity contribution in [2.24, 2.45) is 11.8 Å². The fourth-order valence-corrected chi connectivity index (χ4v) is 4.54. The number of hydrogen-bond acceptors (Lipinski definition) is 3. The summed E-state index contributed by atoms with van der Waals surface area (Å²) in [7, 11) is 0. The van der Waals surface area contributed by atoms with Crippen LogP contribution < -0.4 is 5.69 Å². The number of allylic oxidation sites excluding steroid dienone is 2. The first kappa shape index (κ1) is 14.2. The number of nitrogens with one attached hydrogen (secondary N) is 1. The van der Waals surface area contributed by atoms with E-state index in [1.807, 2.05) is 28.8 Å². The van der Waals surface area contributed by atoms with Crippen LogP contribution in [0.25, 0.3) is 0 Å². The Morgan fingerprint density at radius 2 is 2.09 bits per heavy atom. The molecule has 1 heterocycles. The molecule has 1 aromatic heterocycles. The Balaban J connectivity index is 1.54. The van der Waals surface area contributed by atoms with E-state index in [0.717, 1.165) is 22.4 Å². The van der Waals surface area contributed by atoms with Gasteiger partial charge in [0.1, 0.15) is 0 Å². The molecule has 3 atom stereocenters. The summed E-state index contributed by atoms with van der Waals surface area (Å²) in [6.45, 7) is 0. The van der Waals surface area contributed by atoms with E-state index < -0.39 is 0 Å². The van der Waals surface area contributed by atoms with Crippen LogP contribution in [0.3, 0.4) is 0 Å². The van der Waals surface area contributed by atoms with Crippen LogP contribution in [0.4, 0.5) is 0 Å². The number of aromatic nitrogens is 3. The fourth-order valence-electron chi connectivity index (χ4n) is 3.46. The number of thioether (sulfide) groups is 1. The molecule has 2 aliphatic rings. The van der Waals surface area contributed by atoms with Crippen LogP contribution in [-0.2, 0) is 5.75 Å². The molecule has 0 radical (unpaired) electrons. The van der Waals surface area contributed by atoms with Crippen LogP contribution in [0.5, 0.6) is 0 Å². The van der Waals surface area contributed by atoms with Gasteiger partial charge in [0.2, 0.25) is 0 Å². The van der Waals surface area contributed by atoms with Crippen LogP contribution in [0, 0.1) is 11.8 Å². The monoisotopic (exact) mass is 333 g/mol. The summed E-state index contributed by atoms with van der Waals surface area (Å²) in [5.74, 6) is 1.89. The smallest absolute Gasteiger partial charge is 0.266 e. The zero-order valence-corrected chi connectivity index (χ0v) is 13.5. The normalized spacial score (nSPS) is 26.0. The van der Waals surface area contributed by atoms with Crippen molar-refractivity contribution < 1.29 is 0 Å². The van der Waals surface area contributed by atoms with Crippen LogP contribution in [0.15, 0.2) is 46.4 Å². The molecule has 6 heteroatoms. The lowest BCUT2D eigenvalue weighted by Gasteiger charge is -2.20. The number of benzene rings is 1. The van der Waals surface area contributed by atoms with E-state index in [9.17, 15) is 4.79 Å². The number of aromatic amines is 1. The van der Waals surface area contributed by atoms with Crippen LogP contribution >= 0.6 is 23.4 Å². The third-order valence-electron chi connectivity index (χ3n) is 4.53.